The molecule has 1 atom stereocenters. The van der Waals surface area contributed by atoms with Gasteiger partial charge in [0.2, 0.25) is 0 Å². The first kappa shape index (κ1) is 8.56. The first-order valence-corrected chi connectivity index (χ1v) is 4.24. The van der Waals surface area contributed by atoms with E-state index in [2.05, 4.69) is 4.98 Å². The molecule has 1 aliphatic rings. The van der Waals surface area contributed by atoms with Crippen LogP contribution in [0, 0.1) is 17.6 Å². The van der Waals surface area contributed by atoms with Crippen LogP contribution in [-0.2, 0) is 0 Å². The van der Waals surface area contributed by atoms with Crippen molar-refractivity contribution in [2.45, 2.75) is 18.9 Å². The lowest BCUT2D eigenvalue weighted by atomic mass is 10.0. The Morgan fingerprint density at radius 1 is 1.31 bits per heavy atom. The molecular formula is C9H10F2N2. The van der Waals surface area contributed by atoms with Crippen LogP contribution in [0.5, 0.6) is 0 Å². The zero-order valence-electron chi connectivity index (χ0n) is 7.00. The van der Waals surface area contributed by atoms with Crippen molar-refractivity contribution in [2.75, 3.05) is 0 Å². The van der Waals surface area contributed by atoms with E-state index in [-0.39, 0.29) is 11.5 Å². The van der Waals surface area contributed by atoms with E-state index in [0.29, 0.717) is 0 Å². The predicted octanol–water partition coefficient (Wildman–Crippen LogP) is 1.77. The zero-order valence-corrected chi connectivity index (χ0v) is 7.00. The highest BCUT2D eigenvalue weighted by atomic mass is 19.1. The quantitative estimate of drug-likeness (QED) is 0.760. The van der Waals surface area contributed by atoms with E-state index in [9.17, 15) is 8.78 Å². The number of pyridine rings is 1. The molecule has 1 fully saturated rings. The summed E-state index contributed by atoms with van der Waals surface area (Å²) in [5, 5.41) is 0. The maximum absolute atomic E-state index is 13.1. The topological polar surface area (TPSA) is 38.9 Å². The molecule has 13 heavy (non-hydrogen) atoms. The lowest BCUT2D eigenvalue weighted by Gasteiger charge is -2.11. The third kappa shape index (κ3) is 1.54. The standard InChI is InChI=1S/C9H10F2N2/c10-6-3-13-4-7(11)8(6)9(12)5-1-2-5/h3-5,9H,1-2,12H2/t9-/m1/s1. The van der Waals surface area contributed by atoms with Crippen molar-refractivity contribution in [1.29, 1.82) is 0 Å². The van der Waals surface area contributed by atoms with Gasteiger partial charge in [-0.05, 0) is 18.8 Å². The minimum atomic E-state index is -0.639. The lowest BCUT2D eigenvalue weighted by Crippen LogP contribution is -2.16. The Morgan fingerprint density at radius 3 is 2.31 bits per heavy atom. The van der Waals surface area contributed by atoms with Gasteiger partial charge in [-0.1, -0.05) is 0 Å². The Balaban J connectivity index is 2.36. The summed E-state index contributed by atoms with van der Waals surface area (Å²) in [5.74, 6) is -1.04. The average Bonchev–Trinajstić information content (AvgIpc) is 2.85. The maximum atomic E-state index is 13.1. The summed E-state index contributed by atoms with van der Waals surface area (Å²) in [5.41, 5.74) is 5.68. The second kappa shape index (κ2) is 3.03. The minimum Gasteiger partial charge on any atom is -0.324 e. The Hall–Kier alpha value is -1.03. The molecule has 1 aromatic heterocycles. The van der Waals surface area contributed by atoms with Gasteiger partial charge in [0, 0.05) is 11.6 Å². The van der Waals surface area contributed by atoms with E-state index in [0.717, 1.165) is 25.2 Å². The highest BCUT2D eigenvalue weighted by Crippen LogP contribution is 2.40. The maximum Gasteiger partial charge on any atom is 0.149 e. The molecule has 4 heteroatoms. The molecule has 0 bridgehead atoms. The fourth-order valence-electron chi connectivity index (χ4n) is 1.43. The number of nitrogens with two attached hydrogens (primary N) is 1. The number of rotatable bonds is 2. The minimum absolute atomic E-state index is 0.0162. The van der Waals surface area contributed by atoms with Crippen molar-refractivity contribution in [3.8, 4) is 0 Å². The molecule has 1 aromatic rings. The second-order valence-corrected chi connectivity index (χ2v) is 3.38. The van der Waals surface area contributed by atoms with Crippen molar-refractivity contribution in [3.63, 3.8) is 0 Å². The third-order valence-electron chi connectivity index (χ3n) is 2.35. The van der Waals surface area contributed by atoms with E-state index in [1.54, 1.807) is 0 Å². The highest BCUT2D eigenvalue weighted by Gasteiger charge is 2.32. The summed E-state index contributed by atoms with van der Waals surface area (Å²) in [7, 11) is 0. The summed E-state index contributed by atoms with van der Waals surface area (Å²) in [6, 6.07) is -0.511. The molecule has 0 radical (unpaired) electrons. The molecule has 1 heterocycles. The van der Waals surface area contributed by atoms with E-state index in [4.69, 9.17) is 5.73 Å². The number of hydrogen-bond donors (Lipinski definition) is 1. The molecule has 2 N–H and O–H groups in total. The van der Waals surface area contributed by atoms with Gasteiger partial charge in [0.25, 0.3) is 0 Å². The Morgan fingerprint density at radius 2 is 1.85 bits per heavy atom. The number of nitrogens with zero attached hydrogens (tertiary/aromatic N) is 1. The van der Waals surface area contributed by atoms with Crippen LogP contribution in [0.3, 0.4) is 0 Å². The normalized spacial score (nSPS) is 18.7. The van der Waals surface area contributed by atoms with Crippen LogP contribution < -0.4 is 5.73 Å². The van der Waals surface area contributed by atoms with Crippen LogP contribution in [0.1, 0.15) is 24.4 Å². The summed E-state index contributed by atoms with van der Waals surface area (Å²) >= 11 is 0. The molecule has 0 unspecified atom stereocenters. The first-order chi connectivity index (χ1) is 6.20. The van der Waals surface area contributed by atoms with Crippen LogP contribution in [0.4, 0.5) is 8.78 Å². The predicted molar refractivity (Wildman–Crippen MR) is 43.8 cm³/mol. The molecule has 1 aliphatic carbocycles. The molecule has 0 aliphatic heterocycles. The van der Waals surface area contributed by atoms with Gasteiger partial charge in [0.1, 0.15) is 11.6 Å². The van der Waals surface area contributed by atoms with Crippen molar-refractivity contribution in [1.82, 2.24) is 4.98 Å². The van der Waals surface area contributed by atoms with Gasteiger partial charge in [-0.3, -0.25) is 4.98 Å². The van der Waals surface area contributed by atoms with Crippen LogP contribution >= 0.6 is 0 Å². The Kier molecular flexibility index (Phi) is 2.00. The van der Waals surface area contributed by atoms with Crippen molar-refractivity contribution in [3.05, 3.63) is 29.6 Å². The summed E-state index contributed by atoms with van der Waals surface area (Å²) < 4.78 is 26.2. The van der Waals surface area contributed by atoms with Gasteiger partial charge in [-0.25, -0.2) is 8.78 Å². The van der Waals surface area contributed by atoms with Crippen molar-refractivity contribution < 1.29 is 8.78 Å². The largest absolute Gasteiger partial charge is 0.324 e. The van der Waals surface area contributed by atoms with Crippen LogP contribution in [-0.4, -0.2) is 4.98 Å². The Bertz CT molecular complexity index is 303. The number of hydrogen-bond acceptors (Lipinski definition) is 2. The third-order valence-corrected chi connectivity index (χ3v) is 2.35. The van der Waals surface area contributed by atoms with Crippen LogP contribution in [0.25, 0.3) is 0 Å². The fourth-order valence-corrected chi connectivity index (χ4v) is 1.43. The van der Waals surface area contributed by atoms with Gasteiger partial charge in [0.05, 0.1) is 12.4 Å². The van der Waals surface area contributed by atoms with Gasteiger partial charge < -0.3 is 5.73 Å². The molecule has 0 saturated heterocycles. The SMILES string of the molecule is N[C@@H](c1c(F)cncc1F)C1CC1. The van der Waals surface area contributed by atoms with E-state index < -0.39 is 17.7 Å². The zero-order chi connectivity index (χ0) is 9.42. The van der Waals surface area contributed by atoms with Crippen molar-refractivity contribution in [2.24, 2.45) is 11.7 Å². The van der Waals surface area contributed by atoms with Crippen LogP contribution in [0.2, 0.25) is 0 Å². The first-order valence-electron chi connectivity index (χ1n) is 4.24. The molecule has 2 rings (SSSR count). The summed E-state index contributed by atoms with van der Waals surface area (Å²) in [6.07, 6.45) is 3.92. The Labute approximate surface area is 74.8 Å². The molecule has 0 spiro atoms. The number of halogens is 2. The van der Waals surface area contributed by atoms with Gasteiger partial charge >= 0.3 is 0 Å². The summed E-state index contributed by atoms with van der Waals surface area (Å²) in [6.45, 7) is 0. The monoisotopic (exact) mass is 184 g/mol. The fraction of sp³-hybridized carbons (Fsp3) is 0.444. The number of aromatic nitrogens is 1. The highest BCUT2D eigenvalue weighted by molar-refractivity contribution is 5.21. The van der Waals surface area contributed by atoms with Crippen LogP contribution in [0.15, 0.2) is 12.4 Å². The second-order valence-electron chi connectivity index (χ2n) is 3.38. The van der Waals surface area contributed by atoms with E-state index in [1.165, 1.54) is 0 Å². The van der Waals surface area contributed by atoms with E-state index >= 15 is 0 Å². The van der Waals surface area contributed by atoms with Gasteiger partial charge in [0.15, 0.2) is 0 Å². The molecule has 2 nitrogen and oxygen atoms in total. The molecule has 70 valence electrons. The average molecular weight is 184 g/mol. The van der Waals surface area contributed by atoms with Crippen molar-refractivity contribution >= 4 is 0 Å². The van der Waals surface area contributed by atoms with Gasteiger partial charge in [-0.15, -0.1) is 0 Å². The van der Waals surface area contributed by atoms with Gasteiger partial charge in [-0.2, -0.15) is 0 Å². The molecule has 0 aromatic carbocycles. The van der Waals surface area contributed by atoms with E-state index in [1.807, 2.05) is 0 Å². The molecule has 0 amide bonds. The molecular weight excluding hydrogens is 174 g/mol. The smallest absolute Gasteiger partial charge is 0.149 e. The lowest BCUT2D eigenvalue weighted by molar-refractivity contribution is 0.497. The summed E-state index contributed by atoms with van der Waals surface area (Å²) in [4.78, 5) is 3.40. The molecule has 1 saturated carbocycles.